The van der Waals surface area contributed by atoms with Gasteiger partial charge in [-0.2, -0.15) is 4.99 Å². The van der Waals surface area contributed by atoms with Gasteiger partial charge in [0.15, 0.2) is 0 Å². The third-order valence-electron chi connectivity index (χ3n) is 3.96. The highest BCUT2D eigenvalue weighted by atomic mass is 15.2. The molecule has 1 unspecified atom stereocenters. The van der Waals surface area contributed by atoms with Crippen molar-refractivity contribution in [1.29, 1.82) is 0 Å². The third kappa shape index (κ3) is 4.18. The highest BCUT2D eigenvalue weighted by Crippen LogP contribution is 2.20. The summed E-state index contributed by atoms with van der Waals surface area (Å²) in [5, 5.41) is 0. The van der Waals surface area contributed by atoms with E-state index in [1.54, 1.807) is 0 Å². The molecule has 25 heavy (non-hydrogen) atoms. The molecule has 1 aromatic carbocycles. The van der Waals surface area contributed by atoms with Gasteiger partial charge in [-0.3, -0.25) is 0 Å². The molecule has 3 heteroatoms. The maximum Gasteiger partial charge on any atom is 0.334 e. The Morgan fingerprint density at radius 3 is 2.24 bits per heavy atom. The lowest BCUT2D eigenvalue weighted by molar-refractivity contribution is -0.431. The van der Waals surface area contributed by atoms with E-state index in [0.717, 1.165) is 28.4 Å². The van der Waals surface area contributed by atoms with Gasteiger partial charge in [0, 0.05) is 11.1 Å². The first kappa shape index (κ1) is 18.5. The van der Waals surface area contributed by atoms with Crippen molar-refractivity contribution in [1.82, 2.24) is 0 Å². The maximum atomic E-state index is 4.87. The van der Waals surface area contributed by atoms with Crippen LogP contribution in [0.4, 0.5) is 0 Å². The van der Waals surface area contributed by atoms with Crippen molar-refractivity contribution in [2.24, 2.45) is 9.98 Å². The molecule has 0 saturated carbocycles. The first-order chi connectivity index (χ1) is 12.2. The molecule has 1 aliphatic rings. The minimum absolute atomic E-state index is 0.205. The Hall–Kier alpha value is -2.81. The van der Waals surface area contributed by atoms with Crippen LogP contribution < -0.4 is 0 Å². The molecule has 0 spiro atoms. The largest absolute Gasteiger partial charge is 0.334 e. The minimum Gasteiger partial charge on any atom is -0.210 e. The van der Waals surface area contributed by atoms with E-state index in [-0.39, 0.29) is 6.17 Å². The zero-order valence-corrected chi connectivity index (χ0v) is 15.5. The summed E-state index contributed by atoms with van der Waals surface area (Å²) in [6.45, 7) is 12.3. The van der Waals surface area contributed by atoms with Crippen molar-refractivity contribution in [3.63, 3.8) is 0 Å². The van der Waals surface area contributed by atoms with Gasteiger partial charge in [0.05, 0.1) is 12.3 Å². The second-order valence-corrected chi connectivity index (χ2v) is 5.63. The van der Waals surface area contributed by atoms with Crippen LogP contribution in [-0.2, 0) is 0 Å². The fourth-order valence-electron chi connectivity index (χ4n) is 2.71. The predicted octanol–water partition coefficient (Wildman–Crippen LogP) is 4.93. The normalized spacial score (nSPS) is 19.5. The molecule has 1 heterocycles. The number of nitrogens with zero attached hydrogens (tertiary/aromatic N) is 3. The summed E-state index contributed by atoms with van der Waals surface area (Å²) in [7, 11) is 0. The summed E-state index contributed by atoms with van der Waals surface area (Å²) in [6.07, 6.45) is 12.1. The Bertz CT molecular complexity index is 803. The van der Waals surface area contributed by atoms with E-state index in [1.807, 2.05) is 86.9 Å². The number of allylic oxidation sites excluding steroid dienone is 4. The van der Waals surface area contributed by atoms with Crippen LogP contribution >= 0.6 is 0 Å². The Kier molecular flexibility index (Phi) is 6.58. The monoisotopic (exact) mass is 332 g/mol. The number of aliphatic imine (C=N–C) groups is 2. The molecule has 0 N–H and O–H groups in total. The van der Waals surface area contributed by atoms with Gasteiger partial charge in [-0.05, 0) is 44.8 Å². The first-order valence-electron chi connectivity index (χ1n) is 8.56. The van der Waals surface area contributed by atoms with E-state index in [1.165, 1.54) is 0 Å². The van der Waals surface area contributed by atoms with Gasteiger partial charge in [-0.25, -0.2) is 4.58 Å². The van der Waals surface area contributed by atoms with Gasteiger partial charge in [0.1, 0.15) is 0 Å². The molecule has 1 aliphatic heterocycles. The summed E-state index contributed by atoms with van der Waals surface area (Å²) in [5.74, 6) is 1.55. The SMILES string of the molecule is C=[N+]1C(C(/C=C\C)=C/C)=NC(c2ccccc2)=NC1C(/C=C\C)=C/C. The molecule has 3 nitrogen and oxygen atoms in total. The lowest BCUT2D eigenvalue weighted by atomic mass is 10.1. The number of hydrogen-bond donors (Lipinski definition) is 0. The summed E-state index contributed by atoms with van der Waals surface area (Å²) >= 11 is 0. The van der Waals surface area contributed by atoms with Crippen LogP contribution in [0, 0.1) is 0 Å². The van der Waals surface area contributed by atoms with Crippen molar-refractivity contribution in [2.45, 2.75) is 33.9 Å². The molecule has 0 amide bonds. The highest BCUT2D eigenvalue weighted by Gasteiger charge is 2.33. The second-order valence-electron chi connectivity index (χ2n) is 5.63. The fraction of sp³-hybridized carbons (Fsp3) is 0.227. The molecule has 2 rings (SSSR count). The van der Waals surface area contributed by atoms with Crippen LogP contribution in [0.15, 0.2) is 87.9 Å². The maximum absolute atomic E-state index is 4.87. The van der Waals surface area contributed by atoms with Crippen LogP contribution in [0.2, 0.25) is 0 Å². The molecule has 0 aromatic heterocycles. The molecular formula is C22H26N3+. The molecule has 1 aromatic rings. The van der Waals surface area contributed by atoms with Gasteiger partial charge in [-0.15, -0.1) is 0 Å². The quantitative estimate of drug-likeness (QED) is 0.540. The summed E-state index contributed by atoms with van der Waals surface area (Å²) in [6, 6.07) is 10.1. The van der Waals surface area contributed by atoms with Crippen molar-refractivity contribution < 1.29 is 4.58 Å². The van der Waals surface area contributed by atoms with E-state index in [4.69, 9.17) is 9.98 Å². The van der Waals surface area contributed by atoms with Crippen molar-refractivity contribution in [2.75, 3.05) is 0 Å². The number of hydrogen-bond acceptors (Lipinski definition) is 2. The zero-order valence-electron chi connectivity index (χ0n) is 15.5. The summed E-state index contributed by atoms with van der Waals surface area (Å²) < 4.78 is 1.89. The molecule has 0 saturated heterocycles. The van der Waals surface area contributed by atoms with Crippen LogP contribution in [0.1, 0.15) is 33.3 Å². The second kappa shape index (κ2) is 8.88. The van der Waals surface area contributed by atoms with Crippen LogP contribution in [-0.4, -0.2) is 29.1 Å². The Labute approximate surface area is 150 Å². The average molecular weight is 332 g/mol. The average Bonchev–Trinajstić information content (AvgIpc) is 2.65. The predicted molar refractivity (Wildman–Crippen MR) is 109 cm³/mol. The van der Waals surface area contributed by atoms with Gasteiger partial charge in [0.2, 0.25) is 6.17 Å². The number of amidine groups is 2. The van der Waals surface area contributed by atoms with Crippen molar-refractivity contribution >= 4 is 18.4 Å². The first-order valence-corrected chi connectivity index (χ1v) is 8.56. The van der Waals surface area contributed by atoms with Crippen molar-refractivity contribution in [3.05, 3.63) is 83.5 Å². The van der Waals surface area contributed by atoms with Gasteiger partial charge in [0.25, 0.3) is 5.84 Å². The number of benzene rings is 1. The van der Waals surface area contributed by atoms with Crippen LogP contribution in [0.3, 0.4) is 0 Å². The molecule has 0 aliphatic carbocycles. The zero-order chi connectivity index (χ0) is 18.2. The van der Waals surface area contributed by atoms with Crippen LogP contribution in [0.5, 0.6) is 0 Å². The van der Waals surface area contributed by atoms with Crippen LogP contribution in [0.25, 0.3) is 0 Å². The smallest absolute Gasteiger partial charge is 0.210 e. The summed E-state index contributed by atoms with van der Waals surface area (Å²) in [4.78, 5) is 9.68. The lowest BCUT2D eigenvalue weighted by Crippen LogP contribution is -2.36. The fourth-order valence-corrected chi connectivity index (χ4v) is 2.71. The highest BCUT2D eigenvalue weighted by molar-refractivity contribution is 6.11. The Balaban J connectivity index is 2.62. The molecule has 0 radical (unpaired) electrons. The van der Waals surface area contributed by atoms with E-state index in [9.17, 15) is 0 Å². The van der Waals surface area contributed by atoms with Crippen molar-refractivity contribution in [3.8, 4) is 0 Å². The van der Waals surface area contributed by atoms with E-state index in [0.29, 0.717) is 0 Å². The van der Waals surface area contributed by atoms with E-state index in [2.05, 4.69) is 18.9 Å². The minimum atomic E-state index is -0.205. The Morgan fingerprint density at radius 2 is 1.68 bits per heavy atom. The molecule has 1 atom stereocenters. The van der Waals surface area contributed by atoms with Gasteiger partial charge >= 0.3 is 5.84 Å². The molecule has 128 valence electrons. The van der Waals surface area contributed by atoms with E-state index >= 15 is 0 Å². The Morgan fingerprint density at radius 1 is 1.00 bits per heavy atom. The molecule has 0 fully saturated rings. The molecule has 0 bridgehead atoms. The van der Waals surface area contributed by atoms with Gasteiger partial charge in [-0.1, -0.05) is 54.7 Å². The van der Waals surface area contributed by atoms with Gasteiger partial charge < -0.3 is 0 Å². The van der Waals surface area contributed by atoms with E-state index < -0.39 is 0 Å². The molecular weight excluding hydrogens is 306 g/mol. The lowest BCUT2D eigenvalue weighted by Gasteiger charge is -2.19. The third-order valence-corrected chi connectivity index (χ3v) is 3.96. The summed E-state index contributed by atoms with van der Waals surface area (Å²) in [5.41, 5.74) is 3.13. The topological polar surface area (TPSA) is 27.7 Å². The standard InChI is InChI=1S/C22H26N3/c1-6-13-17(8-3)21-23-20(19-15-11-10-12-16-19)24-22(25(21)5)18(9-4)14-7-2/h6-16,21H,5H2,1-4H3/q+1/b13-6-,14-7-,17-8+,18-9+. The number of rotatable bonds is 5.